The lowest BCUT2D eigenvalue weighted by Crippen LogP contribution is -2.54. The molecule has 5 fully saturated rings. The second-order valence-corrected chi connectivity index (χ2v) is 16.6. The van der Waals surface area contributed by atoms with Gasteiger partial charge in [-0.3, -0.25) is 13.7 Å². The summed E-state index contributed by atoms with van der Waals surface area (Å²) in [5, 5.41) is 25.0. The molecule has 0 aromatic carbocycles. The Morgan fingerprint density at radius 2 is 1.68 bits per heavy atom. The topological polar surface area (TPSA) is 200 Å². The molecule has 2 aromatic rings. The molecule has 38 heavy (non-hydrogen) atoms. The third kappa shape index (κ3) is 5.18. The highest BCUT2D eigenvalue weighted by molar-refractivity contribution is 7.72. The van der Waals surface area contributed by atoms with Gasteiger partial charge in [-0.2, -0.15) is 9.97 Å². The second-order valence-electron chi connectivity index (χ2n) is 11.7. The predicted octanol–water partition coefficient (Wildman–Crippen LogP) is 2.28. The van der Waals surface area contributed by atoms with Crippen LogP contribution in [0.4, 0.5) is 5.82 Å². The van der Waals surface area contributed by atoms with Crippen molar-refractivity contribution in [2.75, 3.05) is 17.4 Å². The number of rotatable bonds is 8. The Labute approximate surface area is 223 Å². The number of anilines is 1. The third-order valence-electron chi connectivity index (χ3n) is 8.60. The number of nitrogens with one attached hydrogen (secondary N) is 1. The minimum absolute atomic E-state index is 0.00489. The molecule has 4 bridgehead atoms. The molecule has 1 saturated heterocycles. The first-order valence-electron chi connectivity index (χ1n) is 12.8. The number of aliphatic hydroxyl groups is 2. The minimum atomic E-state index is -4.70. The Kier molecular flexibility index (Phi) is 6.74. The molecule has 3 unspecified atom stereocenters. The molecule has 7 rings (SSSR count). The molecule has 210 valence electrons. The summed E-state index contributed by atoms with van der Waals surface area (Å²) >= 11 is 6.31. The number of ether oxygens (including phenoxy) is 1. The van der Waals surface area contributed by atoms with Gasteiger partial charge in [-0.15, -0.1) is 0 Å². The normalized spacial score (nSPS) is 38.1. The van der Waals surface area contributed by atoms with Gasteiger partial charge in [-0.1, -0.05) is 0 Å². The van der Waals surface area contributed by atoms with Crippen molar-refractivity contribution in [3.8, 4) is 0 Å². The average Bonchev–Trinajstić information content (AvgIpc) is 3.30. The van der Waals surface area contributed by atoms with E-state index in [4.69, 9.17) is 26.1 Å². The van der Waals surface area contributed by atoms with Crippen LogP contribution in [0.25, 0.3) is 11.2 Å². The van der Waals surface area contributed by atoms with Crippen LogP contribution in [0.1, 0.15) is 51.2 Å². The highest BCUT2D eigenvalue weighted by Gasteiger charge is 2.51. The Hall–Kier alpha value is -1.14. The molecule has 4 saturated carbocycles. The Bertz CT molecular complexity index is 1300. The first kappa shape index (κ1) is 27.1. The van der Waals surface area contributed by atoms with Crippen LogP contribution in [-0.4, -0.2) is 80.3 Å². The van der Waals surface area contributed by atoms with Crippen molar-refractivity contribution < 1.29 is 38.8 Å². The summed E-state index contributed by atoms with van der Waals surface area (Å²) in [6, 6.07) is 0. The van der Waals surface area contributed by atoms with Gasteiger partial charge in [0.2, 0.25) is 12.7 Å². The molecule has 2 aromatic heterocycles. The minimum Gasteiger partial charge on any atom is -0.388 e. The van der Waals surface area contributed by atoms with Crippen LogP contribution in [-0.2, 0) is 13.9 Å². The predicted molar refractivity (Wildman–Crippen MR) is 137 cm³/mol. The van der Waals surface area contributed by atoms with Gasteiger partial charge in [0.1, 0.15) is 18.1 Å². The molecular weight excluding hydrogens is 560 g/mol. The van der Waals surface area contributed by atoms with E-state index in [1.165, 1.54) is 30.2 Å². The number of nitrogens with zero attached hydrogens (tertiary/aromatic N) is 4. The summed E-state index contributed by atoms with van der Waals surface area (Å²) in [6.45, 7) is 0. The van der Waals surface area contributed by atoms with Gasteiger partial charge >= 0.3 is 7.60 Å². The van der Waals surface area contributed by atoms with Gasteiger partial charge < -0.3 is 34.9 Å². The van der Waals surface area contributed by atoms with Crippen molar-refractivity contribution in [2.24, 2.45) is 17.8 Å². The number of aliphatic hydroxyl groups excluding tert-OH is 2. The van der Waals surface area contributed by atoms with E-state index in [1.807, 2.05) is 0 Å². The van der Waals surface area contributed by atoms with Gasteiger partial charge in [-0.25, -0.2) is 4.98 Å². The maximum Gasteiger partial charge on any atom is 0.335 e. The fraction of sp³-hybridized carbons (Fsp3) is 0.773. The summed E-state index contributed by atoms with van der Waals surface area (Å²) < 4.78 is 30.7. The van der Waals surface area contributed by atoms with Gasteiger partial charge in [-0.05, 0) is 74.3 Å². The monoisotopic (exact) mass is 591 g/mol. The number of halogens is 1. The summed E-state index contributed by atoms with van der Waals surface area (Å²) in [5.74, 6) is 1.51. The Balaban J connectivity index is 1.23. The van der Waals surface area contributed by atoms with Crippen molar-refractivity contribution in [1.29, 1.82) is 0 Å². The summed E-state index contributed by atoms with van der Waals surface area (Å²) in [5.41, 5.74) is 0.711. The Morgan fingerprint density at radius 3 is 2.29 bits per heavy atom. The van der Waals surface area contributed by atoms with Crippen molar-refractivity contribution >= 4 is 43.5 Å². The van der Waals surface area contributed by atoms with E-state index < -0.39 is 51.6 Å². The van der Waals surface area contributed by atoms with E-state index >= 15 is 0 Å². The zero-order valence-corrected chi connectivity index (χ0v) is 23.0. The van der Waals surface area contributed by atoms with Crippen LogP contribution < -0.4 is 5.32 Å². The lowest BCUT2D eigenvalue weighted by molar-refractivity contribution is -0.0354. The number of fused-ring (bicyclic) bond motifs is 1. The molecule has 5 atom stereocenters. The number of imidazole rings is 1. The first-order valence-corrected chi connectivity index (χ1v) is 17.1. The van der Waals surface area contributed by atoms with Gasteiger partial charge in [0.25, 0.3) is 0 Å². The molecular formula is C22H32ClN5O8P2. The maximum absolute atomic E-state index is 12.2. The summed E-state index contributed by atoms with van der Waals surface area (Å²) in [7, 11) is -8.87. The number of hydrogen-bond acceptors (Lipinski definition) is 9. The quantitative estimate of drug-likeness (QED) is 0.193. The second kappa shape index (κ2) is 9.46. The molecule has 13 nitrogen and oxygen atoms in total. The van der Waals surface area contributed by atoms with Crippen LogP contribution in [0.15, 0.2) is 6.33 Å². The molecule has 0 radical (unpaired) electrons. The molecule has 16 heteroatoms. The molecule has 0 spiro atoms. The van der Waals surface area contributed by atoms with Crippen LogP contribution in [0.5, 0.6) is 0 Å². The van der Waals surface area contributed by atoms with Crippen LogP contribution >= 0.6 is 26.6 Å². The summed E-state index contributed by atoms with van der Waals surface area (Å²) in [6.07, 6.45) is 2.88. The highest BCUT2D eigenvalue weighted by atomic mass is 35.5. The zero-order chi connectivity index (χ0) is 27.0. The molecule has 6 N–H and O–H groups in total. The van der Waals surface area contributed by atoms with Crippen LogP contribution in [0.3, 0.4) is 0 Å². The SMILES string of the molecule is O=P(O)(O)CP(=O)(O)CC[C@H]1O[C@@H](n2cnc3c(NC45CC6CC(CC(C6)C4)C5)nc(Cl)nc32)C(O)C1O. The van der Waals surface area contributed by atoms with E-state index in [0.29, 0.717) is 17.0 Å². The van der Waals surface area contributed by atoms with E-state index in [2.05, 4.69) is 20.3 Å². The summed E-state index contributed by atoms with van der Waals surface area (Å²) in [4.78, 5) is 41.3. The first-order chi connectivity index (χ1) is 17.8. The zero-order valence-electron chi connectivity index (χ0n) is 20.5. The smallest absolute Gasteiger partial charge is 0.335 e. The van der Waals surface area contributed by atoms with E-state index in [-0.39, 0.29) is 17.2 Å². The van der Waals surface area contributed by atoms with Crippen LogP contribution in [0.2, 0.25) is 5.28 Å². The lowest BCUT2D eigenvalue weighted by Gasteiger charge is -2.57. The van der Waals surface area contributed by atoms with Crippen LogP contribution in [0, 0.1) is 17.8 Å². The molecule has 5 aliphatic rings. The maximum atomic E-state index is 12.2. The fourth-order valence-electron chi connectivity index (χ4n) is 7.56. The third-order valence-corrected chi connectivity index (χ3v) is 13.0. The number of hydrogen-bond donors (Lipinski definition) is 6. The van der Waals surface area contributed by atoms with Gasteiger partial charge in [0, 0.05) is 11.7 Å². The molecule has 3 heterocycles. The molecule has 4 aliphatic carbocycles. The van der Waals surface area contributed by atoms with E-state index in [0.717, 1.165) is 37.0 Å². The Morgan fingerprint density at radius 1 is 1.05 bits per heavy atom. The van der Waals surface area contributed by atoms with Gasteiger partial charge in [0.05, 0.1) is 12.4 Å². The lowest BCUT2D eigenvalue weighted by atomic mass is 9.53. The van der Waals surface area contributed by atoms with Crippen molar-refractivity contribution in [1.82, 2.24) is 19.5 Å². The highest BCUT2D eigenvalue weighted by Crippen LogP contribution is 2.57. The standard InChI is InChI=1S/C22H32ClN5O8P2/c23-21-25-18(27-22-6-11-3-12(7-22)5-13(4-11)8-22)15-19(26-21)28(9-24-15)20-17(30)16(29)14(36-20)1-2-37(31,32)10-38(33,34)35/h9,11-14,16-17,20,29-30H,1-8,10H2,(H,31,32)(H,25,26,27)(H2,33,34,35)/t11?,12?,13?,14-,16?,17?,20-,22?/m1/s1. The molecule has 0 amide bonds. The largest absolute Gasteiger partial charge is 0.388 e. The van der Waals surface area contributed by atoms with Crippen molar-refractivity contribution in [2.45, 2.75) is 75.0 Å². The van der Waals surface area contributed by atoms with E-state index in [9.17, 15) is 24.2 Å². The average molecular weight is 592 g/mol. The fourth-order valence-corrected chi connectivity index (χ4v) is 11.3. The van der Waals surface area contributed by atoms with E-state index in [1.54, 1.807) is 0 Å². The van der Waals surface area contributed by atoms with Crippen molar-refractivity contribution in [3.05, 3.63) is 11.6 Å². The number of aromatic nitrogens is 4. The van der Waals surface area contributed by atoms with Gasteiger partial charge in [0.15, 0.2) is 23.2 Å². The van der Waals surface area contributed by atoms with Crippen molar-refractivity contribution in [3.63, 3.8) is 0 Å². The molecule has 1 aliphatic heterocycles.